The normalized spacial score (nSPS) is 13.6. The van der Waals surface area contributed by atoms with Crippen LogP contribution in [-0.4, -0.2) is 41.0 Å². The zero-order chi connectivity index (χ0) is 24.2. The number of hydrogen-bond donors (Lipinski definition) is 0. The Morgan fingerprint density at radius 2 is 1.82 bits per heavy atom. The van der Waals surface area contributed by atoms with Crippen molar-refractivity contribution >= 4 is 23.2 Å². The summed E-state index contributed by atoms with van der Waals surface area (Å²) in [7, 11) is 0. The van der Waals surface area contributed by atoms with Crippen LogP contribution in [0.5, 0.6) is 11.5 Å². The second kappa shape index (κ2) is 10.6. The van der Waals surface area contributed by atoms with E-state index < -0.39 is 0 Å². The Labute approximate surface area is 201 Å². The van der Waals surface area contributed by atoms with Crippen LogP contribution in [0.1, 0.15) is 63.5 Å². The number of fused-ring (bicyclic) bond motifs is 1. The summed E-state index contributed by atoms with van der Waals surface area (Å²) < 4.78 is 10.9. The molecule has 2 amide bonds. The number of aryl methyl sites for hydroxylation is 1. The minimum Gasteiger partial charge on any atom is -0.454 e. The van der Waals surface area contributed by atoms with Crippen molar-refractivity contribution in [2.75, 3.05) is 13.3 Å². The van der Waals surface area contributed by atoms with Crippen molar-refractivity contribution in [1.29, 1.82) is 0 Å². The predicted molar refractivity (Wildman–Crippen MR) is 131 cm³/mol. The highest BCUT2D eigenvalue weighted by Gasteiger charge is 2.28. The molecule has 0 unspecified atom stereocenters. The molecule has 2 heterocycles. The molecule has 0 radical (unpaired) electrons. The summed E-state index contributed by atoms with van der Waals surface area (Å²) in [5.74, 6) is 1.40. The fourth-order valence-electron chi connectivity index (χ4n) is 3.74. The highest BCUT2D eigenvalue weighted by molar-refractivity contribution is 7.10. The first-order valence-electron chi connectivity index (χ1n) is 11.6. The Bertz CT molecular complexity index is 979. The molecule has 2 aromatic rings. The molecule has 0 saturated heterocycles. The fourth-order valence-corrected chi connectivity index (χ4v) is 4.66. The van der Waals surface area contributed by atoms with Crippen molar-refractivity contribution in [3.8, 4) is 11.5 Å². The van der Waals surface area contributed by atoms with E-state index in [0.29, 0.717) is 25.3 Å². The number of amides is 2. The lowest BCUT2D eigenvalue weighted by Gasteiger charge is -2.33. The molecule has 1 aliphatic heterocycles. The average Bonchev–Trinajstić information content (AvgIpc) is 3.37. The van der Waals surface area contributed by atoms with Crippen LogP contribution in [0.15, 0.2) is 29.6 Å². The Morgan fingerprint density at radius 3 is 2.45 bits per heavy atom. The molecule has 180 valence electrons. The van der Waals surface area contributed by atoms with E-state index in [0.717, 1.165) is 22.6 Å². The van der Waals surface area contributed by atoms with Gasteiger partial charge >= 0.3 is 0 Å². The molecule has 1 atom stereocenters. The maximum Gasteiger partial charge on any atom is 0.242 e. The van der Waals surface area contributed by atoms with Crippen molar-refractivity contribution in [1.82, 2.24) is 9.80 Å². The minimum absolute atomic E-state index is 0.000308. The summed E-state index contributed by atoms with van der Waals surface area (Å²) >= 11 is 1.65. The van der Waals surface area contributed by atoms with E-state index in [9.17, 15) is 9.59 Å². The van der Waals surface area contributed by atoms with E-state index in [1.54, 1.807) is 16.2 Å². The maximum absolute atomic E-state index is 13.6. The SMILES string of the molecule is CC[C@H](C)N(CC(=O)N(Cc1ccc2c(c1)OCO2)Cc1sccc1C)C(=O)CC(C)(C)C. The zero-order valence-corrected chi connectivity index (χ0v) is 21.5. The van der Waals surface area contributed by atoms with Crippen LogP contribution in [-0.2, 0) is 22.7 Å². The van der Waals surface area contributed by atoms with Gasteiger partial charge in [-0.3, -0.25) is 9.59 Å². The van der Waals surface area contributed by atoms with Gasteiger partial charge in [-0.05, 0) is 60.4 Å². The summed E-state index contributed by atoms with van der Waals surface area (Å²) in [6.07, 6.45) is 1.21. The summed E-state index contributed by atoms with van der Waals surface area (Å²) in [6, 6.07) is 7.85. The summed E-state index contributed by atoms with van der Waals surface area (Å²) in [6.45, 7) is 13.5. The fraction of sp³-hybridized carbons (Fsp3) is 0.538. The molecule has 6 nitrogen and oxygen atoms in total. The molecule has 7 heteroatoms. The second-order valence-electron chi connectivity index (χ2n) is 9.98. The van der Waals surface area contributed by atoms with Gasteiger partial charge in [-0.2, -0.15) is 0 Å². The summed E-state index contributed by atoms with van der Waals surface area (Å²) in [4.78, 5) is 31.4. The topological polar surface area (TPSA) is 59.1 Å². The third kappa shape index (κ3) is 6.73. The molecular weight excluding hydrogens is 436 g/mol. The molecule has 0 N–H and O–H groups in total. The van der Waals surface area contributed by atoms with Crippen molar-refractivity contribution in [3.63, 3.8) is 0 Å². The number of hydrogen-bond acceptors (Lipinski definition) is 5. The first kappa shape index (κ1) is 25.1. The predicted octanol–water partition coefficient (Wildman–Crippen LogP) is 5.38. The molecular formula is C26H36N2O4S. The van der Waals surface area contributed by atoms with Gasteiger partial charge in [0.05, 0.1) is 6.54 Å². The molecule has 1 aromatic heterocycles. The third-order valence-electron chi connectivity index (χ3n) is 5.90. The Balaban J connectivity index is 1.82. The van der Waals surface area contributed by atoms with Crippen LogP contribution in [0.25, 0.3) is 0 Å². The molecule has 0 saturated carbocycles. The van der Waals surface area contributed by atoms with Crippen LogP contribution >= 0.6 is 11.3 Å². The molecule has 0 spiro atoms. The molecule has 1 aliphatic rings. The second-order valence-corrected chi connectivity index (χ2v) is 11.0. The van der Waals surface area contributed by atoms with Crippen LogP contribution in [0.4, 0.5) is 0 Å². The molecule has 0 fully saturated rings. The molecule has 0 aliphatic carbocycles. The lowest BCUT2D eigenvalue weighted by Crippen LogP contribution is -2.47. The Morgan fingerprint density at radius 1 is 1.09 bits per heavy atom. The van der Waals surface area contributed by atoms with Gasteiger partial charge in [0.25, 0.3) is 0 Å². The standard InChI is InChI=1S/C26H36N2O4S/c1-7-19(3)28(24(29)13-26(4,5)6)16-25(30)27(15-23-18(2)10-11-33-23)14-20-8-9-21-22(12-20)32-17-31-21/h8-12,19H,7,13-17H2,1-6H3/t19-/m0/s1. The molecule has 33 heavy (non-hydrogen) atoms. The minimum atomic E-state index is -0.133. The monoisotopic (exact) mass is 472 g/mol. The average molecular weight is 473 g/mol. The number of carbonyl (C=O) groups is 2. The van der Waals surface area contributed by atoms with Gasteiger partial charge in [0.1, 0.15) is 6.54 Å². The summed E-state index contributed by atoms with van der Waals surface area (Å²) in [5.41, 5.74) is 2.01. The highest BCUT2D eigenvalue weighted by atomic mass is 32.1. The van der Waals surface area contributed by atoms with Crippen molar-refractivity contribution in [2.45, 2.75) is 73.5 Å². The van der Waals surface area contributed by atoms with Crippen molar-refractivity contribution < 1.29 is 19.1 Å². The van der Waals surface area contributed by atoms with E-state index in [1.165, 1.54) is 5.56 Å². The van der Waals surface area contributed by atoms with Crippen molar-refractivity contribution in [2.24, 2.45) is 5.41 Å². The largest absolute Gasteiger partial charge is 0.454 e. The van der Waals surface area contributed by atoms with Gasteiger partial charge in [0.15, 0.2) is 11.5 Å². The number of carbonyl (C=O) groups excluding carboxylic acids is 2. The van der Waals surface area contributed by atoms with E-state index in [2.05, 4.69) is 13.0 Å². The van der Waals surface area contributed by atoms with E-state index >= 15 is 0 Å². The quantitative estimate of drug-likeness (QED) is 0.492. The number of thiophene rings is 1. The summed E-state index contributed by atoms with van der Waals surface area (Å²) in [5, 5.41) is 2.05. The van der Waals surface area contributed by atoms with Gasteiger partial charge < -0.3 is 19.3 Å². The number of ether oxygens (including phenoxy) is 2. The van der Waals surface area contributed by atoms with Crippen LogP contribution in [0, 0.1) is 12.3 Å². The maximum atomic E-state index is 13.6. The zero-order valence-electron chi connectivity index (χ0n) is 20.6. The Hall–Kier alpha value is -2.54. The number of benzene rings is 1. The van der Waals surface area contributed by atoms with Gasteiger partial charge in [-0.25, -0.2) is 0 Å². The van der Waals surface area contributed by atoms with Crippen LogP contribution < -0.4 is 9.47 Å². The van der Waals surface area contributed by atoms with Gasteiger partial charge in [-0.1, -0.05) is 33.8 Å². The first-order chi connectivity index (χ1) is 15.6. The first-order valence-corrected chi connectivity index (χ1v) is 12.4. The molecule has 3 rings (SSSR count). The van der Waals surface area contributed by atoms with E-state index in [1.807, 2.05) is 63.1 Å². The van der Waals surface area contributed by atoms with Crippen LogP contribution in [0.3, 0.4) is 0 Å². The van der Waals surface area contributed by atoms with Crippen molar-refractivity contribution in [3.05, 3.63) is 45.6 Å². The third-order valence-corrected chi connectivity index (χ3v) is 6.90. The van der Waals surface area contributed by atoms with E-state index in [-0.39, 0.29) is 36.6 Å². The van der Waals surface area contributed by atoms with Crippen LogP contribution in [0.2, 0.25) is 0 Å². The van der Waals surface area contributed by atoms with E-state index in [4.69, 9.17) is 9.47 Å². The van der Waals surface area contributed by atoms with Gasteiger partial charge in [0, 0.05) is 23.9 Å². The molecule has 1 aromatic carbocycles. The Kier molecular flexibility index (Phi) is 8.05. The highest BCUT2D eigenvalue weighted by Crippen LogP contribution is 2.33. The lowest BCUT2D eigenvalue weighted by atomic mass is 9.91. The number of nitrogens with zero attached hydrogens (tertiary/aromatic N) is 2. The molecule has 0 bridgehead atoms. The smallest absolute Gasteiger partial charge is 0.242 e. The lowest BCUT2D eigenvalue weighted by molar-refractivity contribution is -0.144. The van der Waals surface area contributed by atoms with Gasteiger partial charge in [-0.15, -0.1) is 11.3 Å². The van der Waals surface area contributed by atoms with Gasteiger partial charge in [0.2, 0.25) is 18.6 Å². The number of rotatable bonds is 9.